The zero-order valence-corrected chi connectivity index (χ0v) is 18.3. The van der Waals surface area contributed by atoms with Gasteiger partial charge in [0.05, 0.1) is 23.9 Å². The molecule has 0 aliphatic heterocycles. The highest BCUT2D eigenvalue weighted by Gasteiger charge is 2.25. The van der Waals surface area contributed by atoms with Crippen molar-refractivity contribution in [3.8, 4) is 5.75 Å². The van der Waals surface area contributed by atoms with E-state index in [-0.39, 0.29) is 11.9 Å². The maximum atomic E-state index is 13.5. The second kappa shape index (κ2) is 8.28. The Morgan fingerprint density at radius 1 is 1.17 bits per heavy atom. The van der Waals surface area contributed by atoms with E-state index in [0.717, 1.165) is 27.2 Å². The maximum absolute atomic E-state index is 13.5. The first kappa shape index (κ1) is 20.1. The molecule has 0 fully saturated rings. The fourth-order valence-electron chi connectivity index (χ4n) is 3.38. The Morgan fingerprint density at radius 3 is 2.60 bits per heavy atom. The summed E-state index contributed by atoms with van der Waals surface area (Å²) in [6.07, 6.45) is 0. The summed E-state index contributed by atoms with van der Waals surface area (Å²) in [5.41, 5.74) is 3.22. The molecule has 2 aromatic carbocycles. The van der Waals surface area contributed by atoms with Crippen LogP contribution in [-0.2, 0) is 6.54 Å². The largest absolute Gasteiger partial charge is 0.497 e. The Kier molecular flexibility index (Phi) is 5.55. The van der Waals surface area contributed by atoms with Crippen LogP contribution >= 0.6 is 11.3 Å². The minimum atomic E-state index is -0.160. The lowest BCUT2D eigenvalue weighted by molar-refractivity contribution is 0.0979. The highest BCUT2D eigenvalue weighted by atomic mass is 32.1. The third-order valence-electron chi connectivity index (χ3n) is 4.87. The van der Waals surface area contributed by atoms with Crippen molar-refractivity contribution in [2.45, 2.75) is 33.4 Å². The Balaban J connectivity index is 1.76. The molecule has 154 valence electrons. The Morgan fingerprint density at radius 2 is 1.93 bits per heavy atom. The van der Waals surface area contributed by atoms with Crippen LogP contribution in [0.4, 0.5) is 5.13 Å². The summed E-state index contributed by atoms with van der Waals surface area (Å²) < 4.78 is 8.19. The van der Waals surface area contributed by atoms with Gasteiger partial charge in [-0.3, -0.25) is 14.4 Å². The molecule has 7 heteroatoms. The molecule has 4 aromatic rings. The van der Waals surface area contributed by atoms with Gasteiger partial charge in [-0.25, -0.2) is 4.98 Å². The summed E-state index contributed by atoms with van der Waals surface area (Å²) >= 11 is 1.49. The molecule has 0 atom stereocenters. The summed E-state index contributed by atoms with van der Waals surface area (Å²) in [4.78, 5) is 20.0. The molecule has 0 aliphatic rings. The lowest BCUT2D eigenvalue weighted by Gasteiger charge is -2.19. The van der Waals surface area contributed by atoms with Crippen molar-refractivity contribution >= 4 is 32.6 Å². The minimum Gasteiger partial charge on any atom is -0.497 e. The number of aromatic nitrogens is 3. The van der Waals surface area contributed by atoms with Crippen LogP contribution in [0.3, 0.4) is 0 Å². The normalized spacial score (nSPS) is 11.2. The summed E-state index contributed by atoms with van der Waals surface area (Å²) in [6.45, 7) is 6.49. The Labute approximate surface area is 179 Å². The van der Waals surface area contributed by atoms with Crippen LogP contribution in [0.5, 0.6) is 5.75 Å². The van der Waals surface area contributed by atoms with Crippen LogP contribution in [0.2, 0.25) is 0 Å². The van der Waals surface area contributed by atoms with Gasteiger partial charge in [-0.2, -0.15) is 5.10 Å². The standard InChI is InChI=1S/C23H24N4O2S/c1-15(2)27-16(3)12-20(25-27)22(28)26(14-17-8-6-5-7-9-17)23-24-19-13-18(29-4)10-11-21(19)30-23/h5-13,15H,14H2,1-4H3. The van der Waals surface area contributed by atoms with E-state index in [9.17, 15) is 4.79 Å². The van der Waals surface area contributed by atoms with Crippen LogP contribution in [0, 0.1) is 6.92 Å². The highest BCUT2D eigenvalue weighted by molar-refractivity contribution is 7.22. The number of benzene rings is 2. The van der Waals surface area contributed by atoms with E-state index in [1.807, 2.05) is 66.2 Å². The van der Waals surface area contributed by atoms with Crippen LogP contribution in [0.25, 0.3) is 10.2 Å². The number of anilines is 1. The number of ether oxygens (including phenoxy) is 1. The number of amides is 1. The van der Waals surface area contributed by atoms with Crippen molar-refractivity contribution in [1.29, 1.82) is 0 Å². The molecular formula is C23H24N4O2S. The predicted molar refractivity (Wildman–Crippen MR) is 120 cm³/mol. The fraction of sp³-hybridized carbons (Fsp3) is 0.261. The van der Waals surface area contributed by atoms with Gasteiger partial charge in [-0.1, -0.05) is 41.7 Å². The van der Waals surface area contributed by atoms with Gasteiger partial charge in [0, 0.05) is 17.8 Å². The number of hydrogen-bond acceptors (Lipinski definition) is 5. The zero-order chi connectivity index (χ0) is 21.3. The summed E-state index contributed by atoms with van der Waals surface area (Å²) in [5.74, 6) is 0.582. The van der Waals surface area contributed by atoms with Gasteiger partial charge in [-0.15, -0.1) is 0 Å². The van der Waals surface area contributed by atoms with Crippen LogP contribution < -0.4 is 9.64 Å². The number of carbonyl (C=O) groups excluding carboxylic acids is 1. The first-order valence-corrected chi connectivity index (χ1v) is 10.6. The van der Waals surface area contributed by atoms with Gasteiger partial charge >= 0.3 is 0 Å². The van der Waals surface area contributed by atoms with E-state index in [1.54, 1.807) is 12.0 Å². The molecule has 2 aromatic heterocycles. The number of rotatable bonds is 6. The fourth-order valence-corrected chi connectivity index (χ4v) is 4.33. The molecule has 0 unspecified atom stereocenters. The van der Waals surface area contributed by atoms with Crippen molar-refractivity contribution in [2.24, 2.45) is 0 Å². The van der Waals surface area contributed by atoms with Crippen molar-refractivity contribution in [3.05, 3.63) is 71.5 Å². The van der Waals surface area contributed by atoms with Gasteiger partial charge in [0.25, 0.3) is 5.91 Å². The van der Waals surface area contributed by atoms with Gasteiger partial charge in [0.1, 0.15) is 5.75 Å². The molecule has 0 bridgehead atoms. The molecule has 0 saturated carbocycles. The smallest absolute Gasteiger partial charge is 0.280 e. The minimum absolute atomic E-state index is 0.160. The van der Waals surface area contributed by atoms with E-state index < -0.39 is 0 Å². The second-order valence-electron chi connectivity index (χ2n) is 7.42. The summed E-state index contributed by atoms with van der Waals surface area (Å²) in [6, 6.07) is 17.7. The van der Waals surface area contributed by atoms with Crippen molar-refractivity contribution < 1.29 is 9.53 Å². The molecular weight excluding hydrogens is 396 g/mol. The molecule has 1 amide bonds. The molecule has 0 N–H and O–H groups in total. The van der Waals surface area contributed by atoms with E-state index in [1.165, 1.54) is 11.3 Å². The molecule has 30 heavy (non-hydrogen) atoms. The molecule has 4 rings (SSSR count). The molecule has 6 nitrogen and oxygen atoms in total. The summed E-state index contributed by atoms with van der Waals surface area (Å²) in [5, 5.41) is 5.20. The predicted octanol–water partition coefficient (Wildman–Crippen LogP) is 5.24. The average Bonchev–Trinajstić information content (AvgIpc) is 3.35. The van der Waals surface area contributed by atoms with Gasteiger partial charge in [-0.05, 0) is 44.5 Å². The zero-order valence-electron chi connectivity index (χ0n) is 17.5. The highest BCUT2D eigenvalue weighted by Crippen LogP contribution is 2.32. The van der Waals surface area contributed by atoms with Crippen molar-refractivity contribution in [2.75, 3.05) is 12.0 Å². The summed E-state index contributed by atoms with van der Waals surface area (Å²) in [7, 11) is 1.63. The lowest BCUT2D eigenvalue weighted by Crippen LogP contribution is -2.30. The van der Waals surface area contributed by atoms with Gasteiger partial charge in [0.15, 0.2) is 10.8 Å². The SMILES string of the molecule is COc1ccc2sc(N(Cc3ccccc3)C(=O)c3cc(C)n(C(C)C)n3)nc2c1. The van der Waals surface area contributed by atoms with Crippen LogP contribution in [-0.4, -0.2) is 27.8 Å². The Bertz CT molecular complexity index is 1180. The topological polar surface area (TPSA) is 60.2 Å². The second-order valence-corrected chi connectivity index (χ2v) is 8.43. The number of nitrogens with zero attached hydrogens (tertiary/aromatic N) is 4. The number of thiazole rings is 1. The third-order valence-corrected chi connectivity index (χ3v) is 5.93. The number of fused-ring (bicyclic) bond motifs is 1. The van der Waals surface area contributed by atoms with Gasteiger partial charge < -0.3 is 4.74 Å². The molecule has 0 spiro atoms. The first-order valence-electron chi connectivity index (χ1n) is 9.83. The first-order chi connectivity index (χ1) is 14.5. The third kappa shape index (κ3) is 3.93. The number of hydrogen-bond donors (Lipinski definition) is 0. The van der Waals surface area contributed by atoms with Gasteiger partial charge in [0.2, 0.25) is 0 Å². The lowest BCUT2D eigenvalue weighted by atomic mass is 10.2. The van der Waals surface area contributed by atoms with Crippen molar-refractivity contribution in [1.82, 2.24) is 14.8 Å². The van der Waals surface area contributed by atoms with Crippen LogP contribution in [0.1, 0.15) is 41.6 Å². The van der Waals surface area contributed by atoms with Crippen LogP contribution in [0.15, 0.2) is 54.6 Å². The average molecular weight is 421 g/mol. The van der Waals surface area contributed by atoms with Crippen molar-refractivity contribution in [3.63, 3.8) is 0 Å². The van der Waals surface area contributed by atoms with E-state index >= 15 is 0 Å². The molecule has 0 saturated heterocycles. The van der Waals surface area contributed by atoms with E-state index in [2.05, 4.69) is 18.9 Å². The number of aryl methyl sites for hydroxylation is 1. The quantitative estimate of drug-likeness (QED) is 0.428. The molecule has 0 aliphatic carbocycles. The maximum Gasteiger partial charge on any atom is 0.280 e. The number of methoxy groups -OCH3 is 1. The number of carbonyl (C=O) groups is 1. The van der Waals surface area contributed by atoms with E-state index in [0.29, 0.717) is 17.4 Å². The molecule has 0 radical (unpaired) electrons. The van der Waals surface area contributed by atoms with E-state index in [4.69, 9.17) is 9.72 Å². The molecule has 2 heterocycles. The Hall–Kier alpha value is -3.19. The monoisotopic (exact) mass is 420 g/mol.